The van der Waals surface area contributed by atoms with Crippen LogP contribution in [0.3, 0.4) is 0 Å². The van der Waals surface area contributed by atoms with E-state index in [0.29, 0.717) is 23.1 Å². The first kappa shape index (κ1) is 19.8. The molecule has 1 saturated heterocycles. The summed E-state index contributed by atoms with van der Waals surface area (Å²) in [5.74, 6) is 0.798. The zero-order valence-electron chi connectivity index (χ0n) is 16.9. The largest absolute Gasteiger partial charge is 0.463 e. The van der Waals surface area contributed by atoms with Crippen molar-refractivity contribution in [1.29, 1.82) is 0 Å². The van der Waals surface area contributed by atoms with Crippen LogP contribution in [0.5, 0.6) is 0 Å². The molecule has 2 aromatic heterocycles. The van der Waals surface area contributed by atoms with E-state index in [1.165, 1.54) is 25.2 Å². The number of nitrogens with zero attached hydrogens (tertiary/aromatic N) is 3. The minimum absolute atomic E-state index is 0.00399. The lowest BCUT2D eigenvalue weighted by Gasteiger charge is -2.32. The molecule has 8 heteroatoms. The monoisotopic (exact) mass is 407 g/mol. The normalized spacial score (nSPS) is 16.4. The Labute approximate surface area is 174 Å². The third kappa shape index (κ3) is 4.37. The SMILES string of the molecule is CC1CCCN(c2ccc(NC(=O)Cn3nc(-c4ccco4)cc(N)c3=O)cc2)C1. The number of nitrogens with two attached hydrogens (primary N) is 1. The molecule has 1 aliphatic heterocycles. The molecule has 0 spiro atoms. The molecule has 4 rings (SSSR count). The zero-order chi connectivity index (χ0) is 21.1. The first-order valence-electron chi connectivity index (χ1n) is 10.1. The number of benzene rings is 1. The quantitative estimate of drug-likeness (QED) is 0.673. The number of aromatic nitrogens is 2. The number of rotatable bonds is 5. The van der Waals surface area contributed by atoms with Crippen molar-refractivity contribution in [2.45, 2.75) is 26.3 Å². The molecule has 0 bridgehead atoms. The summed E-state index contributed by atoms with van der Waals surface area (Å²) in [7, 11) is 0. The lowest BCUT2D eigenvalue weighted by Crippen LogP contribution is -2.34. The predicted octanol–water partition coefficient (Wildman–Crippen LogP) is 2.96. The number of piperidine rings is 1. The zero-order valence-corrected chi connectivity index (χ0v) is 16.9. The topological polar surface area (TPSA) is 106 Å². The number of hydrogen-bond acceptors (Lipinski definition) is 6. The molecule has 3 heterocycles. The van der Waals surface area contributed by atoms with E-state index in [1.807, 2.05) is 24.3 Å². The van der Waals surface area contributed by atoms with Crippen LogP contribution >= 0.6 is 0 Å². The van der Waals surface area contributed by atoms with Crippen LogP contribution in [0.15, 0.2) is 57.9 Å². The van der Waals surface area contributed by atoms with Crippen molar-refractivity contribution in [1.82, 2.24) is 9.78 Å². The average Bonchev–Trinajstić information content (AvgIpc) is 3.27. The number of nitrogens with one attached hydrogen (secondary N) is 1. The summed E-state index contributed by atoms with van der Waals surface area (Å²) in [5.41, 5.74) is 7.49. The van der Waals surface area contributed by atoms with Gasteiger partial charge in [0.1, 0.15) is 17.9 Å². The van der Waals surface area contributed by atoms with Gasteiger partial charge in [-0.15, -0.1) is 0 Å². The molecule has 0 radical (unpaired) electrons. The summed E-state index contributed by atoms with van der Waals surface area (Å²) < 4.78 is 6.35. The van der Waals surface area contributed by atoms with Crippen LogP contribution in [-0.2, 0) is 11.3 Å². The van der Waals surface area contributed by atoms with E-state index in [9.17, 15) is 9.59 Å². The highest BCUT2D eigenvalue weighted by Gasteiger charge is 2.17. The van der Waals surface area contributed by atoms with Gasteiger partial charge in [0.15, 0.2) is 5.76 Å². The molecule has 3 N–H and O–H groups in total. The fourth-order valence-corrected chi connectivity index (χ4v) is 3.73. The Hall–Kier alpha value is -3.55. The van der Waals surface area contributed by atoms with Gasteiger partial charge in [-0.3, -0.25) is 9.59 Å². The maximum Gasteiger partial charge on any atom is 0.290 e. The molecule has 1 atom stereocenters. The van der Waals surface area contributed by atoms with E-state index in [4.69, 9.17) is 10.2 Å². The van der Waals surface area contributed by atoms with Crippen molar-refractivity contribution in [3.63, 3.8) is 0 Å². The van der Waals surface area contributed by atoms with Gasteiger partial charge in [-0.25, -0.2) is 4.68 Å². The van der Waals surface area contributed by atoms with Crippen LogP contribution in [0.2, 0.25) is 0 Å². The van der Waals surface area contributed by atoms with Crippen LogP contribution < -0.4 is 21.5 Å². The molecule has 3 aromatic rings. The van der Waals surface area contributed by atoms with Crippen LogP contribution in [0, 0.1) is 5.92 Å². The van der Waals surface area contributed by atoms with Crippen molar-refractivity contribution in [3.8, 4) is 11.5 Å². The van der Waals surface area contributed by atoms with E-state index in [2.05, 4.69) is 22.2 Å². The Kier molecular flexibility index (Phi) is 5.56. The van der Waals surface area contributed by atoms with Crippen molar-refractivity contribution in [2.24, 2.45) is 5.92 Å². The summed E-state index contributed by atoms with van der Waals surface area (Å²) in [5, 5.41) is 7.01. The number of furan rings is 1. The van der Waals surface area contributed by atoms with Gasteiger partial charge in [0.05, 0.1) is 6.26 Å². The molecular weight excluding hydrogens is 382 g/mol. The number of amides is 1. The number of carbonyl (C=O) groups is 1. The van der Waals surface area contributed by atoms with E-state index in [-0.39, 0.29) is 18.1 Å². The van der Waals surface area contributed by atoms with E-state index in [0.717, 1.165) is 23.5 Å². The molecule has 156 valence electrons. The van der Waals surface area contributed by atoms with Crippen molar-refractivity contribution >= 4 is 23.0 Å². The van der Waals surface area contributed by atoms with Gasteiger partial charge < -0.3 is 20.4 Å². The Morgan fingerprint density at radius 2 is 2.10 bits per heavy atom. The molecule has 30 heavy (non-hydrogen) atoms. The highest BCUT2D eigenvalue weighted by Crippen LogP contribution is 2.24. The third-order valence-corrected chi connectivity index (χ3v) is 5.24. The fraction of sp³-hybridized carbons (Fsp3) is 0.318. The lowest BCUT2D eigenvalue weighted by atomic mass is 10.00. The summed E-state index contributed by atoms with van der Waals surface area (Å²) >= 11 is 0. The number of carbonyl (C=O) groups excluding carboxylic acids is 1. The summed E-state index contributed by atoms with van der Waals surface area (Å²) in [6.45, 7) is 4.12. The molecule has 8 nitrogen and oxygen atoms in total. The average molecular weight is 407 g/mol. The molecular formula is C22H25N5O3. The van der Waals surface area contributed by atoms with E-state index in [1.54, 1.807) is 12.1 Å². The van der Waals surface area contributed by atoms with Crippen LogP contribution in [0.4, 0.5) is 17.1 Å². The molecule has 0 aliphatic carbocycles. The Morgan fingerprint density at radius 3 is 2.80 bits per heavy atom. The first-order chi connectivity index (χ1) is 14.5. The van der Waals surface area contributed by atoms with Crippen LogP contribution in [-0.4, -0.2) is 28.8 Å². The van der Waals surface area contributed by atoms with Crippen LogP contribution in [0.1, 0.15) is 19.8 Å². The highest BCUT2D eigenvalue weighted by atomic mass is 16.3. The summed E-state index contributed by atoms with van der Waals surface area (Å²) in [4.78, 5) is 27.1. The van der Waals surface area contributed by atoms with Crippen molar-refractivity contribution < 1.29 is 9.21 Å². The second kappa shape index (κ2) is 8.44. The maximum absolute atomic E-state index is 12.5. The van der Waals surface area contributed by atoms with Gasteiger partial charge >= 0.3 is 0 Å². The smallest absolute Gasteiger partial charge is 0.290 e. The lowest BCUT2D eigenvalue weighted by molar-refractivity contribution is -0.117. The summed E-state index contributed by atoms with van der Waals surface area (Å²) in [6.07, 6.45) is 3.97. The van der Waals surface area contributed by atoms with Gasteiger partial charge in [0.25, 0.3) is 5.56 Å². The van der Waals surface area contributed by atoms with Gasteiger partial charge in [-0.05, 0) is 61.2 Å². The minimum atomic E-state index is -0.518. The summed E-state index contributed by atoms with van der Waals surface area (Å²) in [6, 6.07) is 12.6. The molecule has 1 unspecified atom stereocenters. The maximum atomic E-state index is 12.5. The van der Waals surface area contributed by atoms with E-state index >= 15 is 0 Å². The Balaban J connectivity index is 1.44. The van der Waals surface area contributed by atoms with Crippen molar-refractivity contribution in [2.75, 3.05) is 29.0 Å². The van der Waals surface area contributed by atoms with Gasteiger partial charge in [-0.2, -0.15) is 5.10 Å². The number of anilines is 3. The van der Waals surface area contributed by atoms with Gasteiger partial charge in [0.2, 0.25) is 5.91 Å². The van der Waals surface area contributed by atoms with Crippen molar-refractivity contribution in [3.05, 3.63) is 59.1 Å². The van der Waals surface area contributed by atoms with Gasteiger partial charge in [0, 0.05) is 24.5 Å². The molecule has 0 saturated carbocycles. The first-order valence-corrected chi connectivity index (χ1v) is 10.1. The van der Waals surface area contributed by atoms with Crippen LogP contribution in [0.25, 0.3) is 11.5 Å². The van der Waals surface area contributed by atoms with E-state index < -0.39 is 5.56 Å². The highest BCUT2D eigenvalue weighted by molar-refractivity contribution is 5.90. The third-order valence-electron chi connectivity index (χ3n) is 5.24. The number of hydrogen-bond donors (Lipinski definition) is 2. The second-order valence-corrected chi connectivity index (χ2v) is 7.71. The van der Waals surface area contributed by atoms with Gasteiger partial charge in [-0.1, -0.05) is 6.92 Å². The molecule has 1 amide bonds. The second-order valence-electron chi connectivity index (χ2n) is 7.71. The molecule has 1 aromatic carbocycles. The standard InChI is InChI=1S/C22H25N5O3/c1-15-4-2-10-26(13-15)17-8-6-16(7-9-17)24-21(28)14-27-22(29)18(23)12-19(25-27)20-5-3-11-30-20/h3,5-9,11-12,15H,2,4,10,13-14,23H2,1H3,(H,24,28). The Morgan fingerprint density at radius 1 is 1.30 bits per heavy atom. The minimum Gasteiger partial charge on any atom is -0.463 e. The molecule has 1 aliphatic rings. The fourth-order valence-electron chi connectivity index (χ4n) is 3.73. The Bertz CT molecular complexity index is 1070. The molecule has 1 fully saturated rings. The number of nitrogen functional groups attached to an aromatic ring is 1. The predicted molar refractivity (Wildman–Crippen MR) is 116 cm³/mol.